The summed E-state index contributed by atoms with van der Waals surface area (Å²) in [5, 5.41) is 5.11. The van der Waals surface area contributed by atoms with Crippen LogP contribution in [0.1, 0.15) is 17.5 Å². The van der Waals surface area contributed by atoms with Gasteiger partial charge >= 0.3 is 0 Å². The second kappa shape index (κ2) is 9.47. The molecule has 0 bridgehead atoms. The fourth-order valence-corrected chi connectivity index (χ4v) is 4.63. The van der Waals surface area contributed by atoms with Gasteiger partial charge in [-0.3, -0.25) is 9.97 Å². The third kappa shape index (κ3) is 4.26. The van der Waals surface area contributed by atoms with Crippen LogP contribution >= 0.6 is 0 Å². The van der Waals surface area contributed by atoms with Crippen LogP contribution in [-0.4, -0.2) is 54.2 Å². The van der Waals surface area contributed by atoms with E-state index in [9.17, 15) is 0 Å². The molecule has 0 saturated carbocycles. The number of nitrogens with zero attached hydrogens (tertiary/aromatic N) is 4. The first-order chi connectivity index (χ1) is 17.0. The maximum atomic E-state index is 6.23. The summed E-state index contributed by atoms with van der Waals surface area (Å²) in [4.78, 5) is 16.0. The fraction of sp³-hybridized carbons (Fsp3) is 0.276. The van der Waals surface area contributed by atoms with Gasteiger partial charge in [0.25, 0.3) is 0 Å². The van der Waals surface area contributed by atoms with E-state index >= 15 is 0 Å². The van der Waals surface area contributed by atoms with Crippen molar-refractivity contribution in [2.75, 3.05) is 34.4 Å². The Morgan fingerprint density at radius 1 is 0.914 bits per heavy atom. The maximum Gasteiger partial charge on any atom is 0.223 e. The van der Waals surface area contributed by atoms with Gasteiger partial charge in [-0.25, -0.2) is 4.98 Å². The van der Waals surface area contributed by atoms with E-state index in [0.29, 0.717) is 12.5 Å². The average Bonchev–Trinajstić information content (AvgIpc) is 2.87. The molecule has 0 spiro atoms. The number of rotatable bonds is 7. The molecule has 2 aromatic carbocycles. The Hall–Kier alpha value is -3.77. The van der Waals surface area contributed by atoms with E-state index in [4.69, 9.17) is 14.5 Å². The molecule has 0 radical (unpaired) electrons. The maximum absolute atomic E-state index is 6.23. The summed E-state index contributed by atoms with van der Waals surface area (Å²) in [5.74, 6) is 1.49. The van der Waals surface area contributed by atoms with Crippen molar-refractivity contribution >= 4 is 32.4 Å². The smallest absolute Gasteiger partial charge is 0.223 e. The molecule has 0 atom stereocenters. The molecule has 5 rings (SSSR count). The topological polar surface area (TPSA) is 60.4 Å². The molecule has 0 aliphatic heterocycles. The van der Waals surface area contributed by atoms with Crippen molar-refractivity contribution in [3.8, 4) is 22.8 Å². The monoisotopic (exact) mass is 466 g/mol. The Morgan fingerprint density at radius 3 is 2.46 bits per heavy atom. The summed E-state index contributed by atoms with van der Waals surface area (Å²) >= 11 is 0. The van der Waals surface area contributed by atoms with E-state index < -0.39 is 0 Å². The molecule has 6 nitrogen and oxygen atoms in total. The predicted octanol–water partition coefficient (Wildman–Crippen LogP) is 5.95. The Balaban J connectivity index is 1.81. The van der Waals surface area contributed by atoms with Crippen LogP contribution in [0.3, 0.4) is 0 Å². The minimum atomic E-state index is 0.588. The van der Waals surface area contributed by atoms with Crippen LogP contribution in [0.15, 0.2) is 55.1 Å². The molecular weight excluding hydrogens is 436 g/mol. The number of hydrogen-bond donors (Lipinski definition) is 0. The van der Waals surface area contributed by atoms with Crippen molar-refractivity contribution in [3.05, 3.63) is 66.2 Å². The summed E-state index contributed by atoms with van der Waals surface area (Å²) in [6.07, 6.45) is 8.30. The molecule has 0 aliphatic rings. The van der Waals surface area contributed by atoms with Gasteiger partial charge in [0.15, 0.2) is 0 Å². The summed E-state index contributed by atoms with van der Waals surface area (Å²) in [6, 6.07) is 10.6. The number of pyridine rings is 3. The summed E-state index contributed by atoms with van der Waals surface area (Å²) < 4.78 is 11.9. The molecule has 35 heavy (non-hydrogen) atoms. The number of methoxy groups -OCH3 is 1. The largest absolute Gasteiger partial charge is 0.496 e. The zero-order chi connectivity index (χ0) is 24.5. The Bertz CT molecular complexity index is 1550. The van der Waals surface area contributed by atoms with E-state index in [1.165, 1.54) is 5.56 Å². The van der Waals surface area contributed by atoms with Crippen LogP contribution in [0.2, 0.25) is 0 Å². The van der Waals surface area contributed by atoms with E-state index in [-0.39, 0.29) is 0 Å². The zero-order valence-electron chi connectivity index (χ0n) is 20.9. The molecule has 178 valence electrons. The van der Waals surface area contributed by atoms with Gasteiger partial charge in [0.1, 0.15) is 5.75 Å². The van der Waals surface area contributed by atoms with Gasteiger partial charge in [-0.2, -0.15) is 0 Å². The van der Waals surface area contributed by atoms with E-state index in [2.05, 4.69) is 67.1 Å². The molecule has 6 heteroatoms. The predicted molar refractivity (Wildman–Crippen MR) is 142 cm³/mol. The van der Waals surface area contributed by atoms with Crippen molar-refractivity contribution in [1.29, 1.82) is 0 Å². The Labute approximate surface area is 205 Å². The van der Waals surface area contributed by atoms with Gasteiger partial charge in [0.2, 0.25) is 5.88 Å². The second-order valence-corrected chi connectivity index (χ2v) is 9.21. The van der Waals surface area contributed by atoms with Gasteiger partial charge in [-0.05, 0) is 86.3 Å². The van der Waals surface area contributed by atoms with Gasteiger partial charge < -0.3 is 14.4 Å². The lowest BCUT2D eigenvalue weighted by molar-refractivity contribution is 0.277. The molecule has 3 heterocycles. The number of hydrogen-bond acceptors (Lipinski definition) is 6. The third-order valence-electron chi connectivity index (χ3n) is 6.59. The molecule has 0 fully saturated rings. The Kier molecular flexibility index (Phi) is 6.22. The van der Waals surface area contributed by atoms with Crippen molar-refractivity contribution in [3.63, 3.8) is 0 Å². The summed E-state index contributed by atoms with van der Waals surface area (Å²) in [7, 11) is 5.85. The standard InChI is InChI=1S/C29H30N4O2/c1-18-13-21(15-26(34-5)19(18)2)23-14-20-7-9-30-16-24(20)28-27(23)22-8-10-31-17-25(22)29(32-28)35-12-6-11-33(3)4/h7-10,13-17H,6,11-12H2,1-5H3. The normalized spacial score (nSPS) is 11.6. The highest BCUT2D eigenvalue weighted by Gasteiger charge is 2.18. The fourth-order valence-electron chi connectivity index (χ4n) is 4.63. The average molecular weight is 467 g/mol. The SMILES string of the molecule is COc1cc(-c2cc3ccncc3c3nc(OCCCN(C)C)c4cnccc4c23)cc(C)c1C. The van der Waals surface area contributed by atoms with Gasteiger partial charge in [-0.15, -0.1) is 0 Å². The van der Waals surface area contributed by atoms with Crippen molar-refractivity contribution in [2.45, 2.75) is 20.3 Å². The lowest BCUT2D eigenvalue weighted by Crippen LogP contribution is -2.15. The van der Waals surface area contributed by atoms with Gasteiger partial charge in [0, 0.05) is 47.5 Å². The van der Waals surface area contributed by atoms with E-state index in [1.54, 1.807) is 7.11 Å². The first kappa shape index (κ1) is 23.0. The van der Waals surface area contributed by atoms with E-state index in [1.807, 2.05) is 30.9 Å². The molecule has 0 N–H and O–H groups in total. The van der Waals surface area contributed by atoms with Crippen molar-refractivity contribution in [2.24, 2.45) is 0 Å². The minimum absolute atomic E-state index is 0.588. The van der Waals surface area contributed by atoms with Crippen LogP contribution < -0.4 is 9.47 Å². The van der Waals surface area contributed by atoms with Crippen molar-refractivity contribution < 1.29 is 9.47 Å². The molecule has 0 aliphatic carbocycles. The first-order valence-corrected chi connectivity index (χ1v) is 11.8. The van der Waals surface area contributed by atoms with Crippen LogP contribution in [0.25, 0.3) is 43.6 Å². The van der Waals surface area contributed by atoms with Gasteiger partial charge in [0.05, 0.1) is 24.6 Å². The third-order valence-corrected chi connectivity index (χ3v) is 6.59. The van der Waals surface area contributed by atoms with Crippen LogP contribution in [0, 0.1) is 13.8 Å². The highest BCUT2D eigenvalue weighted by molar-refractivity contribution is 6.21. The number of benzene rings is 2. The van der Waals surface area contributed by atoms with E-state index in [0.717, 1.165) is 67.9 Å². The highest BCUT2D eigenvalue weighted by Crippen LogP contribution is 2.41. The first-order valence-electron chi connectivity index (χ1n) is 11.8. The number of fused-ring (bicyclic) bond motifs is 5. The number of aromatic nitrogens is 3. The van der Waals surface area contributed by atoms with Crippen LogP contribution in [-0.2, 0) is 0 Å². The number of aryl methyl sites for hydroxylation is 1. The lowest BCUT2D eigenvalue weighted by atomic mass is 9.92. The lowest BCUT2D eigenvalue weighted by Gasteiger charge is -2.17. The van der Waals surface area contributed by atoms with Crippen LogP contribution in [0.4, 0.5) is 0 Å². The molecule has 0 saturated heterocycles. The molecule has 0 amide bonds. The summed E-state index contributed by atoms with van der Waals surface area (Å²) in [5.41, 5.74) is 5.40. The minimum Gasteiger partial charge on any atom is -0.496 e. The van der Waals surface area contributed by atoms with Gasteiger partial charge in [-0.1, -0.05) is 6.07 Å². The molecular formula is C29H30N4O2. The molecule has 0 unspecified atom stereocenters. The molecule has 5 aromatic rings. The second-order valence-electron chi connectivity index (χ2n) is 9.21. The number of ether oxygens (including phenoxy) is 2. The summed E-state index contributed by atoms with van der Waals surface area (Å²) in [6.45, 7) is 5.75. The highest BCUT2D eigenvalue weighted by atomic mass is 16.5. The van der Waals surface area contributed by atoms with Crippen LogP contribution in [0.5, 0.6) is 11.6 Å². The quantitative estimate of drug-likeness (QED) is 0.218. The zero-order valence-corrected chi connectivity index (χ0v) is 20.9. The Morgan fingerprint density at radius 2 is 1.69 bits per heavy atom. The van der Waals surface area contributed by atoms with Crippen molar-refractivity contribution in [1.82, 2.24) is 19.9 Å². The molecule has 3 aromatic heterocycles.